The van der Waals surface area contributed by atoms with Gasteiger partial charge in [0.2, 0.25) is 0 Å². The average Bonchev–Trinajstić information content (AvgIpc) is 2.30. The van der Waals surface area contributed by atoms with Crippen LogP contribution in [-0.4, -0.2) is 22.4 Å². The van der Waals surface area contributed by atoms with Gasteiger partial charge in [0, 0.05) is 0 Å². The highest BCUT2D eigenvalue weighted by Gasteiger charge is 2.48. The monoisotopic (exact) mass is 236 g/mol. The molecule has 2 saturated carbocycles. The second kappa shape index (κ2) is 4.25. The van der Waals surface area contributed by atoms with Gasteiger partial charge in [-0.3, -0.25) is 0 Å². The van der Waals surface area contributed by atoms with Gasteiger partial charge in [0.15, 0.2) is 0 Å². The molecule has 0 aromatic carbocycles. The van der Waals surface area contributed by atoms with Gasteiger partial charge in [0.25, 0.3) is 0 Å². The van der Waals surface area contributed by atoms with Crippen LogP contribution in [0.5, 0.6) is 0 Å². The molecule has 2 rings (SSSR count). The first-order chi connectivity index (χ1) is 7.91. The molecular weight excluding hydrogens is 212 g/mol. The maximum absolute atomic E-state index is 10.6. The van der Waals surface area contributed by atoms with Gasteiger partial charge >= 0.3 is 0 Å². The summed E-state index contributed by atoms with van der Waals surface area (Å²) in [5, 5.41) is 19.8. The zero-order valence-electron chi connectivity index (χ0n) is 10.8. The van der Waals surface area contributed by atoms with Crippen molar-refractivity contribution in [2.24, 2.45) is 11.3 Å². The van der Waals surface area contributed by atoms with E-state index in [0.717, 1.165) is 19.3 Å². The highest BCUT2D eigenvalue weighted by atomic mass is 16.3. The van der Waals surface area contributed by atoms with Crippen LogP contribution in [0.15, 0.2) is 24.3 Å². The molecular formula is C15H24O2. The number of rotatable bonds is 2. The third kappa shape index (κ3) is 2.09. The van der Waals surface area contributed by atoms with E-state index in [2.05, 4.69) is 20.1 Å². The minimum Gasteiger partial charge on any atom is -0.392 e. The van der Waals surface area contributed by atoms with Crippen molar-refractivity contribution in [2.75, 3.05) is 6.61 Å². The molecule has 2 heteroatoms. The smallest absolute Gasteiger partial charge is 0.0882 e. The lowest BCUT2D eigenvalue weighted by Gasteiger charge is -2.52. The van der Waals surface area contributed by atoms with Gasteiger partial charge in [0.1, 0.15) is 0 Å². The number of fused-ring (bicyclic) bond motifs is 1. The molecule has 2 fully saturated rings. The zero-order chi connectivity index (χ0) is 12.7. The molecule has 0 aromatic heterocycles. The Morgan fingerprint density at radius 1 is 1.41 bits per heavy atom. The van der Waals surface area contributed by atoms with Crippen molar-refractivity contribution in [1.29, 1.82) is 0 Å². The molecule has 0 saturated heterocycles. The average molecular weight is 236 g/mol. The number of aliphatic hydroxyl groups is 2. The van der Waals surface area contributed by atoms with Gasteiger partial charge in [0.05, 0.1) is 12.2 Å². The molecule has 2 N–H and O–H groups in total. The van der Waals surface area contributed by atoms with Crippen molar-refractivity contribution >= 4 is 0 Å². The van der Waals surface area contributed by atoms with Crippen molar-refractivity contribution in [1.82, 2.24) is 0 Å². The molecule has 3 atom stereocenters. The molecule has 2 aliphatic rings. The Labute approximate surface area is 104 Å². The van der Waals surface area contributed by atoms with Gasteiger partial charge in [-0.25, -0.2) is 0 Å². The third-order valence-electron chi connectivity index (χ3n) is 5.08. The molecule has 0 spiro atoms. The third-order valence-corrected chi connectivity index (χ3v) is 5.08. The van der Waals surface area contributed by atoms with E-state index in [-0.39, 0.29) is 6.61 Å². The Hall–Kier alpha value is -0.600. The van der Waals surface area contributed by atoms with Gasteiger partial charge in [-0.15, -0.1) is 0 Å². The van der Waals surface area contributed by atoms with E-state index < -0.39 is 5.60 Å². The van der Waals surface area contributed by atoms with Crippen LogP contribution >= 0.6 is 0 Å². The van der Waals surface area contributed by atoms with E-state index in [1.54, 1.807) is 0 Å². The molecule has 0 bridgehead atoms. The van der Waals surface area contributed by atoms with Crippen LogP contribution in [0, 0.1) is 11.3 Å². The summed E-state index contributed by atoms with van der Waals surface area (Å²) in [6.45, 7) is 10.2. The van der Waals surface area contributed by atoms with E-state index >= 15 is 0 Å². The molecule has 17 heavy (non-hydrogen) atoms. The van der Waals surface area contributed by atoms with Crippen molar-refractivity contribution in [3.63, 3.8) is 0 Å². The second-order valence-electron chi connectivity index (χ2n) is 6.22. The molecule has 0 heterocycles. The topological polar surface area (TPSA) is 40.5 Å². The normalized spacial score (nSPS) is 42.1. The molecule has 0 unspecified atom stereocenters. The number of allylic oxidation sites excluding steroid dienone is 1. The maximum Gasteiger partial charge on any atom is 0.0882 e. The van der Waals surface area contributed by atoms with Crippen molar-refractivity contribution in [3.8, 4) is 0 Å². The number of hydrogen-bond acceptors (Lipinski definition) is 2. The minimum absolute atomic E-state index is 0.119. The van der Waals surface area contributed by atoms with E-state index in [4.69, 9.17) is 0 Å². The summed E-state index contributed by atoms with van der Waals surface area (Å²) in [6.07, 6.45) is 5.98. The van der Waals surface area contributed by atoms with E-state index in [1.165, 1.54) is 18.4 Å². The largest absolute Gasteiger partial charge is 0.392 e. The zero-order valence-corrected chi connectivity index (χ0v) is 10.8. The predicted molar refractivity (Wildman–Crippen MR) is 69.6 cm³/mol. The summed E-state index contributed by atoms with van der Waals surface area (Å²) in [7, 11) is 0. The Bertz CT molecular complexity index is 347. The van der Waals surface area contributed by atoms with Crippen LogP contribution in [-0.2, 0) is 0 Å². The lowest BCUT2D eigenvalue weighted by molar-refractivity contribution is -0.0432. The minimum atomic E-state index is -0.876. The van der Waals surface area contributed by atoms with Crippen LogP contribution in [0.3, 0.4) is 0 Å². The van der Waals surface area contributed by atoms with Crippen LogP contribution < -0.4 is 0 Å². The standard InChI is InChI=1S/C15H24O2/c1-11-5-4-6-14(3)7-8-15(17,9-13(11)14)12(2)10-16/h13,16-17H,1-2,4-10H2,3H3/t13-,14-,15+/m1/s1. The van der Waals surface area contributed by atoms with Crippen molar-refractivity contribution in [3.05, 3.63) is 24.3 Å². The molecule has 96 valence electrons. The summed E-state index contributed by atoms with van der Waals surface area (Å²) in [5.41, 5.74) is 1.27. The Morgan fingerprint density at radius 2 is 2.12 bits per heavy atom. The van der Waals surface area contributed by atoms with Crippen molar-refractivity contribution in [2.45, 2.75) is 51.0 Å². The van der Waals surface area contributed by atoms with Crippen LogP contribution in [0.1, 0.15) is 45.4 Å². The Kier molecular flexibility index (Phi) is 3.21. The number of aliphatic hydroxyl groups excluding tert-OH is 1. The molecule has 0 aliphatic heterocycles. The first kappa shape index (κ1) is 12.8. The SMILES string of the molecule is C=C1CCC[C@]2(C)CC[C@@](O)(C(=C)CO)C[C@H]12. The van der Waals surface area contributed by atoms with Crippen LogP contribution in [0.4, 0.5) is 0 Å². The lowest BCUT2D eigenvalue weighted by atomic mass is 9.55. The molecule has 0 aromatic rings. The van der Waals surface area contributed by atoms with Crippen LogP contribution in [0.25, 0.3) is 0 Å². The fraction of sp³-hybridized carbons (Fsp3) is 0.733. The molecule has 2 aliphatic carbocycles. The maximum atomic E-state index is 10.6. The Morgan fingerprint density at radius 3 is 2.76 bits per heavy atom. The van der Waals surface area contributed by atoms with E-state index in [1.807, 2.05) is 0 Å². The first-order valence-corrected chi connectivity index (χ1v) is 6.60. The second-order valence-corrected chi connectivity index (χ2v) is 6.22. The fourth-order valence-electron chi connectivity index (χ4n) is 3.65. The summed E-state index contributed by atoms with van der Waals surface area (Å²) in [6, 6.07) is 0. The highest BCUT2D eigenvalue weighted by molar-refractivity contribution is 5.22. The quantitative estimate of drug-likeness (QED) is 0.724. The van der Waals surface area contributed by atoms with Gasteiger partial charge in [-0.1, -0.05) is 25.7 Å². The first-order valence-electron chi connectivity index (χ1n) is 6.60. The summed E-state index contributed by atoms with van der Waals surface area (Å²) in [5.74, 6) is 0.387. The predicted octanol–water partition coefficient (Wildman–Crippen LogP) is 2.81. The van der Waals surface area contributed by atoms with E-state index in [0.29, 0.717) is 23.3 Å². The van der Waals surface area contributed by atoms with Gasteiger partial charge in [-0.05, 0) is 55.4 Å². The molecule has 2 nitrogen and oxygen atoms in total. The molecule has 0 amide bonds. The molecule has 0 radical (unpaired) electrons. The lowest BCUT2D eigenvalue weighted by Crippen LogP contribution is -2.47. The van der Waals surface area contributed by atoms with Crippen LogP contribution in [0.2, 0.25) is 0 Å². The van der Waals surface area contributed by atoms with E-state index in [9.17, 15) is 10.2 Å². The fourth-order valence-corrected chi connectivity index (χ4v) is 3.65. The van der Waals surface area contributed by atoms with Gasteiger partial charge in [-0.2, -0.15) is 0 Å². The van der Waals surface area contributed by atoms with Gasteiger partial charge < -0.3 is 10.2 Å². The van der Waals surface area contributed by atoms with Crippen molar-refractivity contribution < 1.29 is 10.2 Å². The number of hydrogen-bond donors (Lipinski definition) is 2. The highest BCUT2D eigenvalue weighted by Crippen LogP contribution is 2.55. The Balaban J connectivity index is 2.22. The summed E-state index contributed by atoms with van der Waals surface area (Å²) in [4.78, 5) is 0. The summed E-state index contributed by atoms with van der Waals surface area (Å²) < 4.78 is 0. The summed E-state index contributed by atoms with van der Waals surface area (Å²) >= 11 is 0.